The highest BCUT2D eigenvalue weighted by molar-refractivity contribution is 5.85. The Hall–Kier alpha value is -0.710. The molecule has 4 aliphatic carbocycles. The minimum atomic E-state index is -1.04. The van der Waals surface area contributed by atoms with Crippen LogP contribution in [-0.2, 0) is 4.79 Å². The van der Waals surface area contributed by atoms with Crippen LogP contribution in [0, 0.1) is 45.3 Å². The number of fused-ring (bicyclic) bond motifs is 5. The average Bonchev–Trinajstić information content (AvgIpc) is 2.89. The Morgan fingerprint density at radius 3 is 2.21 bits per heavy atom. The number of carbonyl (C=O) groups excluding carboxylic acids is 1. The largest absolute Gasteiger partial charge is 0.393 e. The van der Waals surface area contributed by atoms with Crippen molar-refractivity contribution in [2.75, 3.05) is 0 Å². The van der Waals surface area contributed by atoms with Crippen molar-refractivity contribution in [3.05, 3.63) is 12.2 Å². The Morgan fingerprint density at radius 2 is 1.59 bits per heavy atom. The lowest BCUT2D eigenvalue weighted by Crippen LogP contribution is -2.61. The number of rotatable bonds is 4. The molecule has 0 amide bonds. The molecule has 0 heterocycles. The number of Topliss-reactive ketones (excluding diaryl/α,β-unsaturated/α-hetero) is 1. The van der Waals surface area contributed by atoms with E-state index in [4.69, 9.17) is 0 Å². The lowest BCUT2D eigenvalue weighted by Gasteiger charge is -2.66. The van der Waals surface area contributed by atoms with E-state index >= 15 is 0 Å². The van der Waals surface area contributed by atoms with Crippen LogP contribution in [0.3, 0.4) is 0 Å². The molecule has 4 aliphatic rings. The molecule has 4 nitrogen and oxygen atoms in total. The lowest BCUT2D eigenvalue weighted by atomic mass is 9.38. The van der Waals surface area contributed by atoms with Crippen LogP contribution in [0.1, 0.15) is 107 Å². The van der Waals surface area contributed by atoms with Gasteiger partial charge in [-0.2, -0.15) is 0 Å². The molecule has 0 unspecified atom stereocenters. The van der Waals surface area contributed by atoms with Crippen LogP contribution in [0.4, 0.5) is 0 Å². The Morgan fingerprint density at radius 1 is 0.941 bits per heavy atom. The van der Waals surface area contributed by atoms with Gasteiger partial charge in [0.15, 0.2) is 0 Å². The monoisotopic (exact) mass is 474 g/mol. The fraction of sp³-hybridized carbons (Fsp3) is 0.900. The van der Waals surface area contributed by atoms with Crippen molar-refractivity contribution in [1.82, 2.24) is 0 Å². The highest BCUT2D eigenvalue weighted by Crippen LogP contribution is 2.74. The molecule has 0 aliphatic heterocycles. The molecule has 4 fully saturated rings. The van der Waals surface area contributed by atoms with Gasteiger partial charge < -0.3 is 15.3 Å². The summed E-state index contributed by atoms with van der Waals surface area (Å²) < 4.78 is 0. The van der Waals surface area contributed by atoms with Crippen LogP contribution in [0.15, 0.2) is 12.2 Å². The molecule has 4 rings (SSSR count). The number of aliphatic hydroxyl groups excluding tert-OH is 1. The first-order chi connectivity index (χ1) is 15.4. The molecule has 0 aromatic heterocycles. The predicted molar refractivity (Wildman–Crippen MR) is 136 cm³/mol. The molecular formula is C30H50O4. The SMILES string of the molecule is CC(C)(O)/C=C/C[C@@](C)(O)[C@H]1[C@@H](O)C[C@@]2(C)[C@@H]3CC[C@H]4C(C)(C)C(=O)CC[C@]4(C)[C@H]3CC[C@]12C. The second-order valence-corrected chi connectivity index (χ2v) is 14.7. The standard InChI is InChI=1S/C30H50O4/c1-25(2,33)14-9-15-30(8,34)24-21(31)18-29(7)20-10-11-22-26(3,4)23(32)13-16-27(22,5)19(20)12-17-28(24,29)6/h9,14,19-22,24,31,33-34H,10-13,15-18H2,1-8H3/b14-9+/t19-,20+,21-,22-,24-,27+,28+,29-,30+/m0/s1. The molecule has 3 N–H and O–H groups in total. The average molecular weight is 475 g/mol. The summed E-state index contributed by atoms with van der Waals surface area (Å²) in [6.45, 7) is 16.9. The maximum Gasteiger partial charge on any atom is 0.138 e. The number of aliphatic hydroxyl groups is 3. The smallest absolute Gasteiger partial charge is 0.138 e. The van der Waals surface area contributed by atoms with Crippen LogP contribution in [0.25, 0.3) is 0 Å². The van der Waals surface area contributed by atoms with E-state index in [-0.39, 0.29) is 27.6 Å². The summed E-state index contributed by atoms with van der Waals surface area (Å²) >= 11 is 0. The topological polar surface area (TPSA) is 77.8 Å². The first-order valence-corrected chi connectivity index (χ1v) is 13.7. The van der Waals surface area contributed by atoms with Crippen molar-refractivity contribution in [3.8, 4) is 0 Å². The summed E-state index contributed by atoms with van der Waals surface area (Å²) in [5.41, 5.74) is -2.21. The summed E-state index contributed by atoms with van der Waals surface area (Å²) in [6.07, 6.45) is 10.3. The third kappa shape index (κ3) is 3.68. The summed E-state index contributed by atoms with van der Waals surface area (Å²) in [5, 5.41) is 33.2. The Kier molecular flexibility index (Phi) is 6.12. The van der Waals surface area contributed by atoms with Gasteiger partial charge in [0.1, 0.15) is 5.78 Å². The number of hydrogen-bond acceptors (Lipinski definition) is 4. The van der Waals surface area contributed by atoms with Gasteiger partial charge in [-0.3, -0.25) is 4.79 Å². The van der Waals surface area contributed by atoms with Crippen molar-refractivity contribution in [2.45, 2.75) is 124 Å². The van der Waals surface area contributed by atoms with Crippen molar-refractivity contribution in [3.63, 3.8) is 0 Å². The van der Waals surface area contributed by atoms with E-state index < -0.39 is 17.3 Å². The number of hydrogen-bond donors (Lipinski definition) is 3. The number of carbonyl (C=O) groups is 1. The van der Waals surface area contributed by atoms with Crippen LogP contribution in [-0.4, -0.2) is 38.4 Å². The fourth-order valence-corrected chi connectivity index (χ4v) is 10.2. The molecule has 0 aromatic rings. The van der Waals surface area contributed by atoms with Crippen LogP contribution in [0.5, 0.6) is 0 Å². The second kappa shape index (κ2) is 7.89. The van der Waals surface area contributed by atoms with Gasteiger partial charge in [0.05, 0.1) is 17.3 Å². The molecule has 0 spiro atoms. The Labute approximate surface area is 207 Å². The summed E-state index contributed by atoms with van der Waals surface area (Å²) in [4.78, 5) is 12.8. The van der Waals surface area contributed by atoms with E-state index in [9.17, 15) is 20.1 Å². The zero-order valence-corrected chi connectivity index (χ0v) is 22.9. The minimum Gasteiger partial charge on any atom is -0.393 e. The van der Waals surface area contributed by atoms with Crippen LogP contribution >= 0.6 is 0 Å². The third-order valence-electron chi connectivity index (χ3n) is 11.9. The fourth-order valence-electron chi connectivity index (χ4n) is 10.2. The molecular weight excluding hydrogens is 424 g/mol. The van der Waals surface area contributed by atoms with Gasteiger partial charge in [-0.05, 0) is 99.7 Å². The molecule has 4 heteroatoms. The molecule has 9 atom stereocenters. The van der Waals surface area contributed by atoms with Crippen molar-refractivity contribution >= 4 is 5.78 Å². The summed E-state index contributed by atoms with van der Waals surface area (Å²) in [5.74, 6) is 1.76. The second-order valence-electron chi connectivity index (χ2n) is 14.7. The Bertz CT molecular complexity index is 850. The molecule has 0 bridgehead atoms. The summed E-state index contributed by atoms with van der Waals surface area (Å²) in [6, 6.07) is 0. The van der Waals surface area contributed by atoms with Gasteiger partial charge in [0.2, 0.25) is 0 Å². The van der Waals surface area contributed by atoms with Gasteiger partial charge in [-0.15, -0.1) is 0 Å². The van der Waals surface area contributed by atoms with Crippen molar-refractivity contribution in [1.29, 1.82) is 0 Å². The first kappa shape index (κ1) is 26.4. The van der Waals surface area contributed by atoms with E-state index in [0.29, 0.717) is 36.4 Å². The highest BCUT2D eigenvalue weighted by Gasteiger charge is 2.70. The van der Waals surface area contributed by atoms with E-state index in [0.717, 1.165) is 38.5 Å². The van der Waals surface area contributed by atoms with Gasteiger partial charge in [-0.25, -0.2) is 0 Å². The third-order valence-corrected chi connectivity index (χ3v) is 11.9. The van der Waals surface area contributed by atoms with E-state index in [1.54, 1.807) is 19.9 Å². The van der Waals surface area contributed by atoms with Gasteiger partial charge in [0, 0.05) is 17.8 Å². The minimum absolute atomic E-state index is 0.0382. The van der Waals surface area contributed by atoms with Crippen LogP contribution in [0.2, 0.25) is 0 Å². The van der Waals surface area contributed by atoms with Crippen molar-refractivity contribution < 1.29 is 20.1 Å². The predicted octanol–water partition coefficient (Wildman–Crippen LogP) is 5.68. The zero-order chi connectivity index (χ0) is 25.5. The van der Waals surface area contributed by atoms with Crippen LogP contribution < -0.4 is 0 Å². The molecule has 4 saturated carbocycles. The van der Waals surface area contributed by atoms with E-state index in [1.807, 2.05) is 13.0 Å². The lowest BCUT2D eigenvalue weighted by molar-refractivity contribution is -0.192. The molecule has 0 radical (unpaired) electrons. The quantitative estimate of drug-likeness (QED) is 0.458. The van der Waals surface area contributed by atoms with E-state index in [1.165, 1.54) is 0 Å². The van der Waals surface area contributed by atoms with Gasteiger partial charge >= 0.3 is 0 Å². The van der Waals surface area contributed by atoms with Gasteiger partial charge in [0.25, 0.3) is 0 Å². The first-order valence-electron chi connectivity index (χ1n) is 13.7. The van der Waals surface area contributed by atoms with Gasteiger partial charge in [-0.1, -0.05) is 46.8 Å². The number of ketones is 1. The molecule has 0 aromatic carbocycles. The zero-order valence-electron chi connectivity index (χ0n) is 22.9. The Balaban J connectivity index is 1.65. The highest BCUT2D eigenvalue weighted by atomic mass is 16.3. The molecule has 194 valence electrons. The normalized spacial score (nSPS) is 48.2. The molecule has 0 saturated heterocycles. The van der Waals surface area contributed by atoms with Crippen molar-refractivity contribution in [2.24, 2.45) is 45.3 Å². The van der Waals surface area contributed by atoms with E-state index in [2.05, 4.69) is 34.6 Å². The molecule has 34 heavy (non-hydrogen) atoms. The maximum atomic E-state index is 12.8. The summed E-state index contributed by atoms with van der Waals surface area (Å²) in [7, 11) is 0. The maximum absolute atomic E-state index is 12.8.